The molecule has 0 saturated heterocycles. The highest BCUT2D eigenvalue weighted by Gasteiger charge is 2.30. The number of rotatable bonds is 3. The number of likely N-dealkylation sites (N-methyl/N-ethyl adjacent to an activating group) is 1. The Balaban J connectivity index is 2.35. The summed E-state index contributed by atoms with van der Waals surface area (Å²) in [7, 11) is 2.00. The highest BCUT2D eigenvalue weighted by atomic mass is 16.5. The fraction of sp³-hybridized carbons (Fsp3) is 0.571. The van der Waals surface area contributed by atoms with Crippen molar-refractivity contribution >= 4 is 0 Å². The summed E-state index contributed by atoms with van der Waals surface area (Å²) in [5, 5.41) is 3.33. The fourth-order valence-corrected chi connectivity index (χ4v) is 2.37. The molecule has 0 fully saturated rings. The van der Waals surface area contributed by atoms with Crippen molar-refractivity contribution in [3.8, 4) is 5.75 Å². The van der Waals surface area contributed by atoms with Crippen LogP contribution < -0.4 is 10.1 Å². The first-order valence-electron chi connectivity index (χ1n) is 6.15. The summed E-state index contributed by atoms with van der Waals surface area (Å²) >= 11 is 0. The van der Waals surface area contributed by atoms with E-state index in [9.17, 15) is 0 Å². The normalized spacial score (nSPS) is 25.0. The van der Waals surface area contributed by atoms with Gasteiger partial charge in [0, 0.05) is 5.56 Å². The maximum Gasteiger partial charge on any atom is 0.124 e. The van der Waals surface area contributed by atoms with Crippen molar-refractivity contribution in [3.63, 3.8) is 0 Å². The van der Waals surface area contributed by atoms with Crippen molar-refractivity contribution in [3.05, 3.63) is 29.3 Å². The van der Waals surface area contributed by atoms with Crippen molar-refractivity contribution in [1.82, 2.24) is 5.32 Å². The van der Waals surface area contributed by atoms with Gasteiger partial charge in [-0.1, -0.05) is 26.0 Å². The van der Waals surface area contributed by atoms with Crippen LogP contribution in [0.3, 0.4) is 0 Å². The van der Waals surface area contributed by atoms with Crippen LogP contribution in [-0.4, -0.2) is 13.2 Å². The van der Waals surface area contributed by atoms with E-state index in [-0.39, 0.29) is 6.10 Å². The Hall–Kier alpha value is -1.02. The molecule has 1 aliphatic rings. The van der Waals surface area contributed by atoms with E-state index in [2.05, 4.69) is 44.3 Å². The SMILES string of the molecule is CCC(C)c1ccc2c(c1)C(NC)C(C)O2. The summed E-state index contributed by atoms with van der Waals surface area (Å²) in [6, 6.07) is 6.94. The maximum atomic E-state index is 5.82. The number of ether oxygens (including phenoxy) is 1. The van der Waals surface area contributed by atoms with Crippen molar-refractivity contribution in [2.75, 3.05) is 7.05 Å². The van der Waals surface area contributed by atoms with Crippen molar-refractivity contribution in [1.29, 1.82) is 0 Å². The van der Waals surface area contributed by atoms with Gasteiger partial charge >= 0.3 is 0 Å². The standard InChI is InChI=1S/C14H21NO/c1-5-9(2)11-6-7-13-12(8-11)14(15-4)10(3)16-13/h6-10,14-15H,5H2,1-4H3. The van der Waals surface area contributed by atoms with E-state index in [0.717, 1.165) is 5.75 Å². The smallest absolute Gasteiger partial charge is 0.124 e. The van der Waals surface area contributed by atoms with Gasteiger partial charge in [-0.05, 0) is 37.9 Å². The number of benzene rings is 1. The van der Waals surface area contributed by atoms with Gasteiger partial charge in [-0.3, -0.25) is 0 Å². The summed E-state index contributed by atoms with van der Waals surface area (Å²) < 4.78 is 5.82. The molecule has 1 heterocycles. The zero-order chi connectivity index (χ0) is 11.7. The van der Waals surface area contributed by atoms with Gasteiger partial charge in [0.15, 0.2) is 0 Å². The van der Waals surface area contributed by atoms with Gasteiger partial charge in [-0.25, -0.2) is 0 Å². The van der Waals surface area contributed by atoms with Crippen molar-refractivity contribution < 1.29 is 4.74 Å². The van der Waals surface area contributed by atoms with Gasteiger partial charge in [-0.2, -0.15) is 0 Å². The molecular formula is C14H21NO. The molecule has 0 aliphatic carbocycles. The van der Waals surface area contributed by atoms with Crippen LogP contribution in [0.1, 0.15) is 50.3 Å². The molecule has 0 aromatic heterocycles. The third-order valence-electron chi connectivity index (χ3n) is 3.64. The second-order valence-electron chi connectivity index (χ2n) is 4.70. The lowest BCUT2D eigenvalue weighted by atomic mass is 9.94. The minimum Gasteiger partial charge on any atom is -0.488 e. The molecule has 0 amide bonds. The molecule has 0 spiro atoms. The minimum atomic E-state index is 0.229. The highest BCUT2D eigenvalue weighted by molar-refractivity contribution is 5.44. The second kappa shape index (κ2) is 4.46. The zero-order valence-corrected chi connectivity index (χ0v) is 10.6. The summed E-state index contributed by atoms with van der Waals surface area (Å²) in [5.74, 6) is 1.66. The molecule has 3 unspecified atom stereocenters. The van der Waals surface area contributed by atoms with Gasteiger partial charge in [0.2, 0.25) is 0 Å². The Morgan fingerprint density at radius 3 is 2.81 bits per heavy atom. The molecule has 1 N–H and O–H groups in total. The van der Waals surface area contributed by atoms with Crippen LogP contribution in [0.5, 0.6) is 5.75 Å². The highest BCUT2D eigenvalue weighted by Crippen LogP contribution is 2.38. The molecule has 0 bridgehead atoms. The molecule has 2 heteroatoms. The van der Waals surface area contributed by atoms with Gasteiger partial charge in [-0.15, -0.1) is 0 Å². The third-order valence-corrected chi connectivity index (χ3v) is 3.64. The lowest BCUT2D eigenvalue weighted by Crippen LogP contribution is -2.25. The Labute approximate surface area is 98.0 Å². The molecule has 88 valence electrons. The summed E-state index contributed by atoms with van der Waals surface area (Å²) in [4.78, 5) is 0. The lowest BCUT2D eigenvalue weighted by molar-refractivity contribution is 0.214. The van der Waals surface area contributed by atoms with Gasteiger partial charge in [0.05, 0.1) is 6.04 Å². The van der Waals surface area contributed by atoms with E-state index in [1.54, 1.807) is 0 Å². The lowest BCUT2D eigenvalue weighted by Gasteiger charge is -2.14. The monoisotopic (exact) mass is 219 g/mol. The van der Waals surface area contributed by atoms with E-state index < -0.39 is 0 Å². The first-order valence-corrected chi connectivity index (χ1v) is 6.15. The Bertz CT molecular complexity index is 375. The molecule has 2 rings (SSSR count). The maximum absolute atomic E-state index is 5.82. The molecule has 1 aromatic rings. The van der Waals surface area contributed by atoms with Crippen LogP contribution in [0.4, 0.5) is 0 Å². The topological polar surface area (TPSA) is 21.3 Å². The number of hydrogen-bond acceptors (Lipinski definition) is 2. The molecule has 0 saturated carbocycles. The largest absolute Gasteiger partial charge is 0.488 e. The molecule has 3 atom stereocenters. The van der Waals surface area contributed by atoms with E-state index in [1.807, 2.05) is 7.05 Å². The number of hydrogen-bond donors (Lipinski definition) is 1. The van der Waals surface area contributed by atoms with Crippen LogP contribution in [-0.2, 0) is 0 Å². The molecule has 1 aromatic carbocycles. The first-order chi connectivity index (χ1) is 7.67. The zero-order valence-electron chi connectivity index (χ0n) is 10.6. The van der Waals surface area contributed by atoms with Crippen molar-refractivity contribution in [2.24, 2.45) is 0 Å². The minimum absolute atomic E-state index is 0.229. The van der Waals surface area contributed by atoms with Gasteiger partial charge < -0.3 is 10.1 Å². The quantitative estimate of drug-likeness (QED) is 0.842. The summed E-state index contributed by atoms with van der Waals surface area (Å²) in [6.45, 7) is 6.62. The van der Waals surface area contributed by atoms with Crippen LogP contribution >= 0.6 is 0 Å². The summed E-state index contributed by atoms with van der Waals surface area (Å²) in [6.07, 6.45) is 1.41. The number of fused-ring (bicyclic) bond motifs is 1. The average molecular weight is 219 g/mol. The predicted octanol–water partition coefficient (Wildman–Crippen LogP) is 3.24. The van der Waals surface area contributed by atoms with Crippen LogP contribution in [0.25, 0.3) is 0 Å². The van der Waals surface area contributed by atoms with Crippen LogP contribution in [0.15, 0.2) is 18.2 Å². The van der Waals surface area contributed by atoms with E-state index in [0.29, 0.717) is 12.0 Å². The van der Waals surface area contributed by atoms with Crippen molar-refractivity contribution in [2.45, 2.75) is 45.3 Å². The Morgan fingerprint density at radius 2 is 2.19 bits per heavy atom. The van der Waals surface area contributed by atoms with Gasteiger partial charge in [0.25, 0.3) is 0 Å². The van der Waals surface area contributed by atoms with E-state index in [1.165, 1.54) is 17.5 Å². The van der Waals surface area contributed by atoms with Gasteiger partial charge in [0.1, 0.15) is 11.9 Å². The Kier molecular flexibility index (Phi) is 3.20. The van der Waals surface area contributed by atoms with E-state index in [4.69, 9.17) is 4.74 Å². The number of nitrogens with one attached hydrogen (secondary N) is 1. The first kappa shape index (κ1) is 11.5. The Morgan fingerprint density at radius 1 is 1.44 bits per heavy atom. The molecule has 1 aliphatic heterocycles. The summed E-state index contributed by atoms with van der Waals surface area (Å²) in [5.41, 5.74) is 2.73. The van der Waals surface area contributed by atoms with E-state index >= 15 is 0 Å². The third kappa shape index (κ3) is 1.82. The second-order valence-corrected chi connectivity index (χ2v) is 4.70. The molecule has 16 heavy (non-hydrogen) atoms. The predicted molar refractivity (Wildman–Crippen MR) is 67.0 cm³/mol. The molecule has 0 radical (unpaired) electrons. The molecule has 2 nitrogen and oxygen atoms in total. The molecular weight excluding hydrogens is 198 g/mol. The fourth-order valence-electron chi connectivity index (χ4n) is 2.37. The average Bonchev–Trinajstić information content (AvgIpc) is 2.62. The van der Waals surface area contributed by atoms with Crippen LogP contribution in [0.2, 0.25) is 0 Å². The van der Waals surface area contributed by atoms with Crippen LogP contribution in [0, 0.1) is 0 Å².